The Labute approximate surface area is 176 Å². The second-order valence-electron chi connectivity index (χ2n) is 8.45. The summed E-state index contributed by atoms with van der Waals surface area (Å²) in [6.45, 7) is 7.75. The number of fused-ring (bicyclic) bond motifs is 1. The molecule has 3 heterocycles. The minimum Gasteiger partial charge on any atom is -0.376 e. The zero-order valence-electron chi connectivity index (χ0n) is 17.4. The molecule has 0 radical (unpaired) electrons. The van der Waals surface area contributed by atoms with E-state index in [2.05, 4.69) is 15.2 Å². The first kappa shape index (κ1) is 20.8. The van der Waals surface area contributed by atoms with Gasteiger partial charge in [-0.05, 0) is 32.6 Å². The Kier molecular flexibility index (Phi) is 6.51. The van der Waals surface area contributed by atoms with E-state index in [0.717, 1.165) is 44.0 Å². The number of nitrogens with zero attached hydrogens (tertiary/aromatic N) is 3. The van der Waals surface area contributed by atoms with Gasteiger partial charge in [-0.2, -0.15) is 0 Å². The Morgan fingerprint density at radius 3 is 2.76 bits per heavy atom. The van der Waals surface area contributed by atoms with Gasteiger partial charge in [0.25, 0.3) is 0 Å². The summed E-state index contributed by atoms with van der Waals surface area (Å²) in [5.41, 5.74) is 0. The molecular weight excluding hydrogens is 388 g/mol. The summed E-state index contributed by atoms with van der Waals surface area (Å²) in [6, 6.07) is 0.637. The number of hydrogen-bond donors (Lipinski definition) is 1. The van der Waals surface area contributed by atoms with Crippen molar-refractivity contribution in [2.45, 2.75) is 64.3 Å². The lowest BCUT2D eigenvalue weighted by molar-refractivity contribution is -0.133. The van der Waals surface area contributed by atoms with Crippen LogP contribution in [0.2, 0.25) is 0 Å². The van der Waals surface area contributed by atoms with Crippen LogP contribution in [0.3, 0.4) is 0 Å². The van der Waals surface area contributed by atoms with Crippen molar-refractivity contribution in [2.24, 2.45) is 11.8 Å². The molecule has 2 saturated heterocycles. The Morgan fingerprint density at radius 1 is 1.31 bits per heavy atom. The van der Waals surface area contributed by atoms with Gasteiger partial charge in [0.1, 0.15) is 5.01 Å². The number of nitrogens with one attached hydrogen (secondary N) is 1. The highest BCUT2D eigenvalue weighted by molar-refractivity contribution is 7.09. The van der Waals surface area contributed by atoms with E-state index in [1.807, 2.05) is 30.3 Å². The van der Waals surface area contributed by atoms with Crippen LogP contribution in [-0.2, 0) is 20.9 Å². The van der Waals surface area contributed by atoms with Crippen LogP contribution < -0.4 is 5.32 Å². The summed E-state index contributed by atoms with van der Waals surface area (Å²) in [5.74, 6) is 0.739. The zero-order valence-corrected chi connectivity index (χ0v) is 18.2. The summed E-state index contributed by atoms with van der Waals surface area (Å²) < 4.78 is 6.15. The van der Waals surface area contributed by atoms with Gasteiger partial charge in [0.05, 0.1) is 25.7 Å². The molecule has 0 bridgehead atoms. The second-order valence-corrected chi connectivity index (χ2v) is 9.43. The van der Waals surface area contributed by atoms with Crippen molar-refractivity contribution < 1.29 is 14.3 Å². The second kappa shape index (κ2) is 9.10. The maximum Gasteiger partial charge on any atom is 0.225 e. The highest BCUT2D eigenvalue weighted by atomic mass is 32.1. The third-order valence-electron chi connectivity index (χ3n) is 6.54. The van der Waals surface area contributed by atoms with Crippen LogP contribution in [-0.4, -0.2) is 71.0 Å². The van der Waals surface area contributed by atoms with E-state index < -0.39 is 0 Å². The monoisotopic (exact) mass is 420 g/mol. The number of amides is 2. The van der Waals surface area contributed by atoms with Crippen molar-refractivity contribution in [3.63, 3.8) is 0 Å². The summed E-state index contributed by atoms with van der Waals surface area (Å²) in [5, 5.41) is 6.22. The normalized spacial score (nSPS) is 29.0. The van der Waals surface area contributed by atoms with Crippen LogP contribution in [0.1, 0.15) is 44.5 Å². The molecule has 8 heteroatoms. The third-order valence-corrected chi connectivity index (χ3v) is 7.31. The van der Waals surface area contributed by atoms with Crippen molar-refractivity contribution >= 4 is 23.2 Å². The van der Waals surface area contributed by atoms with Crippen LogP contribution >= 0.6 is 11.3 Å². The van der Waals surface area contributed by atoms with Gasteiger partial charge in [0.15, 0.2) is 0 Å². The minimum atomic E-state index is -0.104. The molecule has 3 aliphatic rings. The Balaban J connectivity index is 1.45. The largest absolute Gasteiger partial charge is 0.376 e. The van der Waals surface area contributed by atoms with Crippen LogP contribution in [0, 0.1) is 11.8 Å². The maximum atomic E-state index is 12.7. The predicted octanol–water partition coefficient (Wildman–Crippen LogP) is 1.89. The number of aromatic nitrogens is 1. The fourth-order valence-corrected chi connectivity index (χ4v) is 5.57. The first-order valence-electron chi connectivity index (χ1n) is 10.9. The molecular formula is C21H32N4O3S. The van der Waals surface area contributed by atoms with E-state index in [1.165, 1.54) is 0 Å². The number of rotatable bonds is 9. The molecule has 1 N–H and O–H groups in total. The van der Waals surface area contributed by atoms with Crippen LogP contribution in [0.4, 0.5) is 0 Å². The maximum absolute atomic E-state index is 12.7. The molecule has 7 nitrogen and oxygen atoms in total. The fraction of sp³-hybridized carbons (Fsp3) is 0.762. The fourth-order valence-electron chi connectivity index (χ4n) is 4.93. The highest BCUT2D eigenvalue weighted by Crippen LogP contribution is 2.42. The molecule has 0 unspecified atom stereocenters. The van der Waals surface area contributed by atoms with E-state index in [1.54, 1.807) is 11.3 Å². The smallest absolute Gasteiger partial charge is 0.225 e. The molecule has 3 fully saturated rings. The molecule has 1 aromatic heterocycles. The number of ether oxygens (including phenoxy) is 1. The van der Waals surface area contributed by atoms with Crippen molar-refractivity contribution in [1.82, 2.24) is 20.1 Å². The molecule has 4 atom stereocenters. The molecule has 4 rings (SSSR count). The highest BCUT2D eigenvalue weighted by Gasteiger charge is 2.51. The molecule has 1 aromatic rings. The van der Waals surface area contributed by atoms with E-state index in [9.17, 15) is 9.59 Å². The van der Waals surface area contributed by atoms with Gasteiger partial charge < -0.3 is 15.0 Å². The average Bonchev–Trinajstić information content (AvgIpc) is 3.08. The lowest BCUT2D eigenvalue weighted by Gasteiger charge is -2.26. The standard InChI is InChI=1S/C21H32N4O3S/c1-3-24(4-2)20(27)10-17-21-14(9-18(26)23-15-5-6-15)11-25(16(21)13-28-17)12-19-22-7-8-29-19/h7-8,14-17,21H,3-6,9-13H2,1-2H3,(H,23,26)/t14-,16-,17+,21-/m1/s1. The van der Waals surface area contributed by atoms with E-state index in [0.29, 0.717) is 25.5 Å². The quantitative estimate of drug-likeness (QED) is 0.660. The number of likely N-dealkylation sites (tertiary alicyclic amines) is 1. The molecule has 160 valence electrons. The Morgan fingerprint density at radius 2 is 2.10 bits per heavy atom. The summed E-state index contributed by atoms with van der Waals surface area (Å²) in [6.07, 6.45) is 4.87. The van der Waals surface area contributed by atoms with Gasteiger partial charge >= 0.3 is 0 Å². The number of thiazole rings is 1. The van der Waals surface area contributed by atoms with Gasteiger partial charge in [-0.15, -0.1) is 11.3 Å². The Hall–Kier alpha value is -1.51. The number of hydrogen-bond acceptors (Lipinski definition) is 6. The topological polar surface area (TPSA) is 74.8 Å². The Bertz CT molecular complexity index is 705. The van der Waals surface area contributed by atoms with Gasteiger partial charge in [-0.25, -0.2) is 4.98 Å². The molecule has 1 aliphatic carbocycles. The van der Waals surface area contributed by atoms with Gasteiger partial charge in [-0.1, -0.05) is 0 Å². The summed E-state index contributed by atoms with van der Waals surface area (Å²) in [7, 11) is 0. The molecule has 29 heavy (non-hydrogen) atoms. The van der Waals surface area contributed by atoms with Crippen molar-refractivity contribution in [3.8, 4) is 0 Å². The predicted molar refractivity (Wildman–Crippen MR) is 111 cm³/mol. The van der Waals surface area contributed by atoms with Gasteiger partial charge in [-0.3, -0.25) is 14.5 Å². The van der Waals surface area contributed by atoms with Gasteiger partial charge in [0, 0.05) is 55.6 Å². The van der Waals surface area contributed by atoms with E-state index >= 15 is 0 Å². The van der Waals surface area contributed by atoms with Crippen molar-refractivity contribution in [3.05, 3.63) is 16.6 Å². The average molecular weight is 421 g/mol. The lowest BCUT2D eigenvalue weighted by atomic mass is 9.84. The summed E-state index contributed by atoms with van der Waals surface area (Å²) >= 11 is 1.66. The van der Waals surface area contributed by atoms with Crippen LogP contribution in [0.5, 0.6) is 0 Å². The third kappa shape index (κ3) is 4.81. The van der Waals surface area contributed by atoms with Crippen LogP contribution in [0.25, 0.3) is 0 Å². The van der Waals surface area contributed by atoms with Crippen molar-refractivity contribution in [1.29, 1.82) is 0 Å². The minimum absolute atomic E-state index is 0.104. The zero-order chi connectivity index (χ0) is 20.4. The van der Waals surface area contributed by atoms with Gasteiger partial charge in [0.2, 0.25) is 11.8 Å². The molecule has 1 saturated carbocycles. The van der Waals surface area contributed by atoms with E-state index in [-0.39, 0.29) is 35.8 Å². The first-order chi connectivity index (χ1) is 14.1. The molecule has 2 aliphatic heterocycles. The first-order valence-corrected chi connectivity index (χ1v) is 11.8. The molecule has 0 aromatic carbocycles. The SMILES string of the molecule is CCN(CC)C(=O)C[C@@H]1OC[C@@H]2[C@H]1[C@H](CC(=O)NC1CC1)CN2Cc1nccs1. The van der Waals surface area contributed by atoms with Crippen molar-refractivity contribution in [2.75, 3.05) is 26.2 Å². The molecule has 2 amide bonds. The van der Waals surface area contributed by atoms with Crippen LogP contribution in [0.15, 0.2) is 11.6 Å². The molecule has 0 spiro atoms. The summed E-state index contributed by atoms with van der Waals surface area (Å²) in [4.78, 5) is 34.0. The number of carbonyl (C=O) groups is 2. The van der Waals surface area contributed by atoms with E-state index in [4.69, 9.17) is 4.74 Å². The lowest BCUT2D eigenvalue weighted by Crippen LogP contribution is -2.37. The number of carbonyl (C=O) groups excluding carboxylic acids is 2.